The van der Waals surface area contributed by atoms with E-state index < -0.39 is 0 Å². The zero-order valence-electron chi connectivity index (χ0n) is 11.7. The standard InChI is InChI=1S/C14H27N3/c1-5-12(3)9-14(6-2)15-8-7-13-10-16-17(4)11-13/h10-12,14-15H,5-9H2,1-4H3. The SMILES string of the molecule is CCC(C)CC(CC)NCCc1cnn(C)c1. The van der Waals surface area contributed by atoms with Crippen molar-refractivity contribution in [2.45, 2.75) is 52.5 Å². The van der Waals surface area contributed by atoms with Gasteiger partial charge in [0.05, 0.1) is 6.20 Å². The number of hydrogen-bond donors (Lipinski definition) is 1. The highest BCUT2D eigenvalue weighted by atomic mass is 15.2. The zero-order valence-corrected chi connectivity index (χ0v) is 11.7. The second kappa shape index (κ2) is 7.49. The first kappa shape index (κ1) is 14.2. The molecule has 0 saturated carbocycles. The van der Waals surface area contributed by atoms with E-state index in [-0.39, 0.29) is 0 Å². The Morgan fingerprint density at radius 1 is 1.35 bits per heavy atom. The molecule has 3 nitrogen and oxygen atoms in total. The van der Waals surface area contributed by atoms with Crippen molar-refractivity contribution in [2.24, 2.45) is 13.0 Å². The molecule has 0 radical (unpaired) electrons. The van der Waals surface area contributed by atoms with Crippen molar-refractivity contribution >= 4 is 0 Å². The van der Waals surface area contributed by atoms with Gasteiger partial charge in [0.25, 0.3) is 0 Å². The summed E-state index contributed by atoms with van der Waals surface area (Å²) in [6.07, 6.45) is 8.91. The molecule has 1 aromatic heterocycles. The fourth-order valence-electron chi connectivity index (χ4n) is 2.07. The van der Waals surface area contributed by atoms with Crippen LogP contribution < -0.4 is 5.32 Å². The Bertz CT molecular complexity index is 306. The summed E-state index contributed by atoms with van der Waals surface area (Å²) in [6.45, 7) is 7.93. The molecule has 0 saturated heterocycles. The third-order valence-corrected chi connectivity index (χ3v) is 3.48. The van der Waals surface area contributed by atoms with Crippen molar-refractivity contribution in [1.82, 2.24) is 15.1 Å². The quantitative estimate of drug-likeness (QED) is 0.753. The summed E-state index contributed by atoms with van der Waals surface area (Å²) in [5.74, 6) is 0.825. The van der Waals surface area contributed by atoms with Crippen LogP contribution in [0.4, 0.5) is 0 Å². The Balaban J connectivity index is 2.23. The Morgan fingerprint density at radius 3 is 2.65 bits per heavy atom. The van der Waals surface area contributed by atoms with E-state index in [4.69, 9.17) is 0 Å². The number of aryl methyl sites for hydroxylation is 1. The lowest BCUT2D eigenvalue weighted by atomic mass is 9.98. The molecule has 17 heavy (non-hydrogen) atoms. The average molecular weight is 237 g/mol. The lowest BCUT2D eigenvalue weighted by Crippen LogP contribution is -2.31. The molecule has 0 aliphatic carbocycles. The zero-order chi connectivity index (χ0) is 12.7. The monoisotopic (exact) mass is 237 g/mol. The van der Waals surface area contributed by atoms with Crippen LogP contribution in [0.3, 0.4) is 0 Å². The largest absolute Gasteiger partial charge is 0.314 e. The third kappa shape index (κ3) is 5.35. The fourth-order valence-corrected chi connectivity index (χ4v) is 2.07. The van der Waals surface area contributed by atoms with Crippen LogP contribution in [0.25, 0.3) is 0 Å². The van der Waals surface area contributed by atoms with E-state index in [2.05, 4.69) is 37.4 Å². The van der Waals surface area contributed by atoms with Crippen molar-refractivity contribution < 1.29 is 0 Å². The van der Waals surface area contributed by atoms with E-state index >= 15 is 0 Å². The Morgan fingerprint density at radius 2 is 2.12 bits per heavy atom. The smallest absolute Gasteiger partial charge is 0.0522 e. The van der Waals surface area contributed by atoms with Gasteiger partial charge >= 0.3 is 0 Å². The Labute approximate surface area is 106 Å². The topological polar surface area (TPSA) is 29.9 Å². The number of rotatable bonds is 8. The molecule has 3 heteroatoms. The van der Waals surface area contributed by atoms with Gasteiger partial charge in [0.2, 0.25) is 0 Å². The predicted octanol–water partition coefficient (Wildman–Crippen LogP) is 2.77. The van der Waals surface area contributed by atoms with Crippen molar-refractivity contribution in [1.29, 1.82) is 0 Å². The van der Waals surface area contributed by atoms with Crippen molar-refractivity contribution in [3.8, 4) is 0 Å². The van der Waals surface area contributed by atoms with Crippen LogP contribution in [-0.2, 0) is 13.5 Å². The summed E-state index contributed by atoms with van der Waals surface area (Å²) >= 11 is 0. The van der Waals surface area contributed by atoms with Gasteiger partial charge in [-0.05, 0) is 37.3 Å². The van der Waals surface area contributed by atoms with Crippen molar-refractivity contribution in [2.75, 3.05) is 6.54 Å². The van der Waals surface area contributed by atoms with Crippen LogP contribution in [0.2, 0.25) is 0 Å². The van der Waals surface area contributed by atoms with Crippen molar-refractivity contribution in [3.63, 3.8) is 0 Å². The molecular weight excluding hydrogens is 210 g/mol. The van der Waals surface area contributed by atoms with E-state index in [1.54, 1.807) is 0 Å². The molecule has 0 aliphatic rings. The summed E-state index contributed by atoms with van der Waals surface area (Å²) in [4.78, 5) is 0. The van der Waals surface area contributed by atoms with Gasteiger partial charge in [0.15, 0.2) is 0 Å². The van der Waals surface area contributed by atoms with Crippen LogP contribution >= 0.6 is 0 Å². The highest BCUT2D eigenvalue weighted by Crippen LogP contribution is 2.11. The molecule has 1 heterocycles. The van der Waals surface area contributed by atoms with Crippen LogP contribution in [0.5, 0.6) is 0 Å². The van der Waals surface area contributed by atoms with E-state index in [9.17, 15) is 0 Å². The maximum atomic E-state index is 4.19. The van der Waals surface area contributed by atoms with Gasteiger partial charge in [0, 0.05) is 19.3 Å². The first-order chi connectivity index (χ1) is 8.15. The minimum atomic E-state index is 0.668. The molecule has 0 amide bonds. The number of aromatic nitrogens is 2. The second-order valence-electron chi connectivity index (χ2n) is 5.08. The molecule has 1 aromatic rings. The molecule has 2 unspecified atom stereocenters. The van der Waals surface area contributed by atoms with Crippen LogP contribution in [0.1, 0.15) is 45.6 Å². The first-order valence-electron chi connectivity index (χ1n) is 6.86. The molecule has 0 aromatic carbocycles. The molecule has 0 aliphatic heterocycles. The van der Waals surface area contributed by atoms with Gasteiger partial charge in [-0.25, -0.2) is 0 Å². The van der Waals surface area contributed by atoms with Gasteiger partial charge in [-0.3, -0.25) is 4.68 Å². The Kier molecular flexibility index (Phi) is 6.27. The second-order valence-corrected chi connectivity index (χ2v) is 5.08. The molecule has 1 N–H and O–H groups in total. The van der Waals surface area contributed by atoms with Crippen LogP contribution in [0, 0.1) is 5.92 Å². The Hall–Kier alpha value is -0.830. The van der Waals surface area contributed by atoms with Gasteiger partial charge in [0.1, 0.15) is 0 Å². The number of hydrogen-bond acceptors (Lipinski definition) is 2. The predicted molar refractivity (Wildman–Crippen MR) is 73.1 cm³/mol. The first-order valence-corrected chi connectivity index (χ1v) is 6.86. The summed E-state index contributed by atoms with van der Waals surface area (Å²) in [5.41, 5.74) is 1.32. The minimum absolute atomic E-state index is 0.668. The molecule has 1 rings (SSSR count). The maximum Gasteiger partial charge on any atom is 0.0522 e. The lowest BCUT2D eigenvalue weighted by Gasteiger charge is -2.20. The highest BCUT2D eigenvalue weighted by Gasteiger charge is 2.09. The third-order valence-electron chi connectivity index (χ3n) is 3.48. The summed E-state index contributed by atoms with van der Waals surface area (Å²) in [6, 6.07) is 0.668. The number of nitrogens with zero attached hydrogens (tertiary/aromatic N) is 2. The number of nitrogens with one attached hydrogen (secondary N) is 1. The van der Waals surface area contributed by atoms with E-state index in [1.807, 2.05) is 17.9 Å². The minimum Gasteiger partial charge on any atom is -0.314 e. The van der Waals surface area contributed by atoms with E-state index in [0.717, 1.165) is 18.9 Å². The summed E-state index contributed by atoms with van der Waals surface area (Å²) in [7, 11) is 1.97. The fraction of sp³-hybridized carbons (Fsp3) is 0.786. The van der Waals surface area contributed by atoms with E-state index in [1.165, 1.54) is 24.8 Å². The van der Waals surface area contributed by atoms with Gasteiger partial charge in [-0.1, -0.05) is 27.2 Å². The normalized spacial score (nSPS) is 14.8. The van der Waals surface area contributed by atoms with Crippen LogP contribution in [0.15, 0.2) is 12.4 Å². The van der Waals surface area contributed by atoms with Gasteiger partial charge in [-0.2, -0.15) is 5.10 Å². The average Bonchev–Trinajstić information content (AvgIpc) is 2.73. The maximum absolute atomic E-state index is 4.19. The lowest BCUT2D eigenvalue weighted by molar-refractivity contribution is 0.387. The van der Waals surface area contributed by atoms with Gasteiger partial charge < -0.3 is 5.32 Å². The summed E-state index contributed by atoms with van der Waals surface area (Å²) < 4.78 is 1.87. The van der Waals surface area contributed by atoms with E-state index in [0.29, 0.717) is 6.04 Å². The molecule has 0 fully saturated rings. The van der Waals surface area contributed by atoms with Crippen molar-refractivity contribution in [3.05, 3.63) is 18.0 Å². The molecule has 98 valence electrons. The molecule has 0 spiro atoms. The van der Waals surface area contributed by atoms with Crippen LogP contribution in [-0.4, -0.2) is 22.4 Å². The summed E-state index contributed by atoms with van der Waals surface area (Å²) in [5, 5.41) is 7.84. The molecular formula is C14H27N3. The highest BCUT2D eigenvalue weighted by molar-refractivity contribution is 5.03. The molecule has 0 bridgehead atoms. The van der Waals surface area contributed by atoms with Gasteiger partial charge in [-0.15, -0.1) is 0 Å². The molecule has 2 atom stereocenters.